The fraction of sp³-hybridized carbons (Fsp3) is 0.200. The molecule has 2 heterocycles. The van der Waals surface area contributed by atoms with E-state index in [2.05, 4.69) is 27.8 Å². The van der Waals surface area contributed by atoms with Crippen LogP contribution in [-0.2, 0) is 11.2 Å². The van der Waals surface area contributed by atoms with Gasteiger partial charge >= 0.3 is 0 Å². The van der Waals surface area contributed by atoms with E-state index in [9.17, 15) is 4.79 Å². The molecule has 0 amide bonds. The molecule has 4 nitrogen and oxygen atoms in total. The van der Waals surface area contributed by atoms with Gasteiger partial charge in [0.25, 0.3) is 0 Å². The van der Waals surface area contributed by atoms with Crippen molar-refractivity contribution < 1.29 is 4.79 Å². The van der Waals surface area contributed by atoms with Gasteiger partial charge in [-0.25, -0.2) is 0 Å². The van der Waals surface area contributed by atoms with Crippen LogP contribution >= 0.6 is 24.0 Å². The van der Waals surface area contributed by atoms with Gasteiger partial charge in [-0.15, -0.1) is 10.2 Å². The van der Waals surface area contributed by atoms with Gasteiger partial charge in [-0.2, -0.15) is 12.6 Å². The Kier molecular flexibility index (Phi) is 3.63. The third kappa shape index (κ3) is 2.65. The summed E-state index contributed by atoms with van der Waals surface area (Å²) in [4.78, 5) is 15.1. The van der Waals surface area contributed by atoms with E-state index in [0.29, 0.717) is 6.42 Å². The topological polar surface area (TPSA) is 55.7 Å². The molecule has 0 fully saturated rings. The number of carbonyl (C=O) groups is 1. The molecule has 0 aliphatic heterocycles. The highest BCUT2D eigenvalue weighted by Crippen LogP contribution is 2.22. The quantitative estimate of drug-likeness (QED) is 0.839. The molecule has 6 heteroatoms. The van der Waals surface area contributed by atoms with Crippen LogP contribution in [0.3, 0.4) is 0 Å². The minimum atomic E-state index is 0.0563. The fourth-order valence-electron chi connectivity index (χ4n) is 1.16. The molecule has 82 valence electrons. The van der Waals surface area contributed by atoms with Gasteiger partial charge in [0.1, 0.15) is 15.8 Å². The Labute approximate surface area is 102 Å². The lowest BCUT2D eigenvalue weighted by Gasteiger charge is -1.91. The normalized spacial score (nSPS) is 10.3. The lowest BCUT2D eigenvalue weighted by Crippen LogP contribution is -2.03. The first-order chi connectivity index (χ1) is 7.79. The summed E-state index contributed by atoms with van der Waals surface area (Å²) in [6.45, 7) is 0. The van der Waals surface area contributed by atoms with Crippen molar-refractivity contribution in [1.29, 1.82) is 0 Å². The van der Waals surface area contributed by atoms with E-state index in [1.165, 1.54) is 11.3 Å². The molecule has 0 unspecified atom stereocenters. The molecule has 2 aromatic rings. The summed E-state index contributed by atoms with van der Waals surface area (Å²) in [6, 6.07) is 3.73. The molecule has 0 radical (unpaired) electrons. The van der Waals surface area contributed by atoms with Crippen LogP contribution in [0.25, 0.3) is 10.6 Å². The Morgan fingerprint density at radius 2 is 2.06 bits per heavy atom. The fourth-order valence-corrected chi connectivity index (χ4v) is 2.15. The molecule has 0 saturated heterocycles. The number of rotatable bonds is 4. The molecule has 0 bridgehead atoms. The summed E-state index contributed by atoms with van der Waals surface area (Å²) in [6.07, 6.45) is 3.72. The second kappa shape index (κ2) is 5.18. The molecular weight excluding hydrogens is 242 g/mol. The number of hydrogen-bond donors (Lipinski definition) is 1. The summed E-state index contributed by atoms with van der Waals surface area (Å²) in [7, 11) is 0. The van der Waals surface area contributed by atoms with E-state index in [0.717, 1.165) is 15.6 Å². The number of hydrogen-bond acceptors (Lipinski definition) is 6. The second-order valence-electron chi connectivity index (χ2n) is 3.11. The van der Waals surface area contributed by atoms with Crippen molar-refractivity contribution in [1.82, 2.24) is 15.2 Å². The molecule has 0 N–H and O–H groups in total. The number of thiol groups is 1. The van der Waals surface area contributed by atoms with Crippen LogP contribution in [0.15, 0.2) is 24.5 Å². The van der Waals surface area contributed by atoms with Gasteiger partial charge in [0.2, 0.25) is 0 Å². The van der Waals surface area contributed by atoms with Gasteiger partial charge in [0.15, 0.2) is 0 Å². The van der Waals surface area contributed by atoms with Crippen molar-refractivity contribution >= 4 is 29.7 Å². The van der Waals surface area contributed by atoms with Crippen molar-refractivity contribution in [3.8, 4) is 10.6 Å². The summed E-state index contributed by atoms with van der Waals surface area (Å²) in [5, 5.41) is 9.55. The Morgan fingerprint density at radius 1 is 1.31 bits per heavy atom. The number of aromatic nitrogens is 3. The Bertz CT molecular complexity index is 484. The van der Waals surface area contributed by atoms with Crippen LogP contribution < -0.4 is 0 Å². The largest absolute Gasteiger partial charge is 0.298 e. The molecule has 0 aliphatic rings. The van der Waals surface area contributed by atoms with E-state index in [4.69, 9.17) is 0 Å². The smallest absolute Gasteiger partial charge is 0.149 e. The van der Waals surface area contributed by atoms with Gasteiger partial charge in [-0.1, -0.05) is 11.3 Å². The molecule has 2 aromatic heterocycles. The van der Waals surface area contributed by atoms with Crippen molar-refractivity contribution in [3.63, 3.8) is 0 Å². The predicted octanol–water partition coefficient (Wildman–Crippen LogP) is 1.64. The summed E-state index contributed by atoms with van der Waals surface area (Å²) in [5.41, 5.74) is 0.970. The number of nitrogens with zero attached hydrogens (tertiary/aromatic N) is 3. The summed E-state index contributed by atoms with van der Waals surface area (Å²) < 4.78 is 0. The molecular formula is C10H9N3OS2. The van der Waals surface area contributed by atoms with Gasteiger partial charge < -0.3 is 0 Å². The van der Waals surface area contributed by atoms with E-state index < -0.39 is 0 Å². The first-order valence-electron chi connectivity index (χ1n) is 4.65. The first-order valence-corrected chi connectivity index (χ1v) is 6.10. The highest BCUT2D eigenvalue weighted by atomic mass is 32.1. The lowest BCUT2D eigenvalue weighted by molar-refractivity contribution is -0.115. The van der Waals surface area contributed by atoms with Gasteiger partial charge in [0.05, 0.1) is 6.42 Å². The van der Waals surface area contributed by atoms with Crippen molar-refractivity contribution in [3.05, 3.63) is 29.5 Å². The Balaban J connectivity index is 2.17. The average molecular weight is 251 g/mol. The predicted molar refractivity (Wildman–Crippen MR) is 65.7 cm³/mol. The SMILES string of the molecule is O=C(CS)Cc1nnc(-c2ccncc2)s1. The lowest BCUT2D eigenvalue weighted by atomic mass is 10.3. The third-order valence-corrected chi connectivity index (χ3v) is 3.24. The van der Waals surface area contributed by atoms with E-state index in [1.807, 2.05) is 12.1 Å². The van der Waals surface area contributed by atoms with Crippen LogP contribution in [0.2, 0.25) is 0 Å². The molecule has 0 atom stereocenters. The van der Waals surface area contributed by atoms with E-state index in [1.54, 1.807) is 12.4 Å². The zero-order valence-corrected chi connectivity index (χ0v) is 10.0. The number of Topliss-reactive ketones (excluding diaryl/α,β-unsaturated/α-hetero) is 1. The zero-order valence-electron chi connectivity index (χ0n) is 8.33. The average Bonchev–Trinajstić information content (AvgIpc) is 2.78. The van der Waals surface area contributed by atoms with E-state index >= 15 is 0 Å². The Morgan fingerprint density at radius 3 is 2.75 bits per heavy atom. The van der Waals surface area contributed by atoms with Gasteiger partial charge in [0, 0.05) is 23.7 Å². The molecule has 0 saturated carbocycles. The minimum Gasteiger partial charge on any atom is -0.298 e. The highest BCUT2D eigenvalue weighted by Gasteiger charge is 2.09. The van der Waals surface area contributed by atoms with Crippen LogP contribution in [0.4, 0.5) is 0 Å². The third-order valence-electron chi connectivity index (χ3n) is 1.92. The standard InChI is InChI=1S/C10H9N3OS2/c14-8(6-15)5-9-12-13-10(16-9)7-1-3-11-4-2-7/h1-4,15H,5-6H2. The molecule has 0 spiro atoms. The first kappa shape index (κ1) is 11.2. The van der Waals surface area contributed by atoms with E-state index in [-0.39, 0.29) is 11.5 Å². The zero-order chi connectivity index (χ0) is 11.4. The molecule has 0 aromatic carbocycles. The number of pyridine rings is 1. The second-order valence-corrected chi connectivity index (χ2v) is 4.49. The van der Waals surface area contributed by atoms with Gasteiger partial charge in [-0.05, 0) is 12.1 Å². The maximum Gasteiger partial charge on any atom is 0.149 e. The van der Waals surface area contributed by atoms with Crippen molar-refractivity contribution in [2.24, 2.45) is 0 Å². The monoisotopic (exact) mass is 251 g/mol. The summed E-state index contributed by atoms with van der Waals surface area (Å²) in [5.74, 6) is 0.297. The molecule has 2 rings (SSSR count). The minimum absolute atomic E-state index is 0.0563. The van der Waals surface area contributed by atoms with Crippen LogP contribution in [0.1, 0.15) is 5.01 Å². The van der Waals surface area contributed by atoms with Crippen molar-refractivity contribution in [2.45, 2.75) is 6.42 Å². The van der Waals surface area contributed by atoms with Crippen molar-refractivity contribution in [2.75, 3.05) is 5.75 Å². The summed E-state index contributed by atoms with van der Waals surface area (Å²) >= 11 is 5.35. The van der Waals surface area contributed by atoms with Crippen LogP contribution in [-0.4, -0.2) is 26.7 Å². The maximum atomic E-state index is 11.2. The van der Waals surface area contributed by atoms with Gasteiger partial charge in [-0.3, -0.25) is 9.78 Å². The molecule has 0 aliphatic carbocycles. The highest BCUT2D eigenvalue weighted by molar-refractivity contribution is 7.81. The number of ketones is 1. The Hall–Kier alpha value is -1.27. The maximum absolute atomic E-state index is 11.2. The number of carbonyl (C=O) groups excluding carboxylic acids is 1. The van der Waals surface area contributed by atoms with Crippen LogP contribution in [0.5, 0.6) is 0 Å². The van der Waals surface area contributed by atoms with Crippen LogP contribution in [0, 0.1) is 0 Å². The molecule has 16 heavy (non-hydrogen) atoms.